The van der Waals surface area contributed by atoms with Crippen LogP contribution in [0.25, 0.3) is 0 Å². The topological polar surface area (TPSA) is 130 Å². The Hall–Kier alpha value is -4.25. The van der Waals surface area contributed by atoms with E-state index < -0.39 is 33.4 Å². The molecule has 222 valence electrons. The Morgan fingerprint density at radius 3 is 2.29 bits per heavy atom. The number of carbonyl (C=O) groups excluding carboxylic acids is 2. The molecule has 11 heteroatoms. The van der Waals surface area contributed by atoms with Crippen molar-refractivity contribution < 1.29 is 22.9 Å². The molecule has 2 amide bonds. The zero-order valence-electron chi connectivity index (χ0n) is 23.8. The van der Waals surface area contributed by atoms with Crippen LogP contribution < -0.4 is 9.62 Å². The van der Waals surface area contributed by atoms with Crippen molar-refractivity contribution in [2.75, 3.05) is 17.1 Å². The van der Waals surface area contributed by atoms with Gasteiger partial charge in [0, 0.05) is 31.1 Å². The van der Waals surface area contributed by atoms with Gasteiger partial charge in [-0.1, -0.05) is 79.1 Å². The maximum Gasteiger partial charge on any atom is 0.271 e. The first-order valence-electron chi connectivity index (χ1n) is 13.9. The number of carbonyl (C=O) groups is 2. The third-order valence-corrected chi connectivity index (χ3v) is 8.56. The van der Waals surface area contributed by atoms with Gasteiger partial charge in [-0.05, 0) is 37.0 Å². The number of nitrogens with zero attached hydrogens (tertiary/aromatic N) is 3. The number of nitro groups is 1. The molecule has 1 N–H and O–H groups in total. The Bertz CT molecular complexity index is 1520. The molecule has 1 atom stereocenters. The van der Waals surface area contributed by atoms with Crippen LogP contribution in [0.3, 0.4) is 0 Å². The van der Waals surface area contributed by atoms with Gasteiger partial charge in [-0.2, -0.15) is 0 Å². The van der Waals surface area contributed by atoms with E-state index in [1.54, 1.807) is 0 Å². The van der Waals surface area contributed by atoms with Crippen LogP contribution >= 0.6 is 0 Å². The molecule has 0 unspecified atom stereocenters. The predicted molar refractivity (Wildman–Crippen MR) is 161 cm³/mol. The Labute approximate surface area is 246 Å². The zero-order chi connectivity index (χ0) is 30.3. The number of non-ortho nitro benzene ring substituents is 1. The highest BCUT2D eigenvalue weighted by Crippen LogP contribution is 2.25. The number of amides is 2. The van der Waals surface area contributed by atoms with Crippen LogP contribution in [0.1, 0.15) is 42.4 Å². The normalized spacial score (nSPS) is 14.2. The maximum absolute atomic E-state index is 14.2. The van der Waals surface area contributed by atoms with Gasteiger partial charge in [-0.15, -0.1) is 0 Å². The summed E-state index contributed by atoms with van der Waals surface area (Å²) in [5, 5.41) is 14.5. The molecule has 3 aromatic rings. The fourth-order valence-corrected chi connectivity index (χ4v) is 6.15. The number of nitro benzene ring substituents is 1. The largest absolute Gasteiger partial charge is 0.352 e. The minimum absolute atomic E-state index is 0.00873. The molecule has 0 bridgehead atoms. The smallest absolute Gasteiger partial charge is 0.271 e. The van der Waals surface area contributed by atoms with Crippen LogP contribution in [0.4, 0.5) is 11.4 Å². The van der Waals surface area contributed by atoms with E-state index in [1.165, 1.54) is 23.1 Å². The Morgan fingerprint density at radius 1 is 0.976 bits per heavy atom. The van der Waals surface area contributed by atoms with E-state index in [2.05, 4.69) is 5.32 Å². The highest BCUT2D eigenvalue weighted by molar-refractivity contribution is 7.92. The quantitative estimate of drug-likeness (QED) is 0.246. The van der Waals surface area contributed by atoms with Gasteiger partial charge in [0.15, 0.2) is 0 Å². The van der Waals surface area contributed by atoms with Crippen molar-refractivity contribution in [1.82, 2.24) is 10.2 Å². The molecular weight excluding hydrogens is 556 g/mol. The first-order chi connectivity index (χ1) is 20.0. The lowest BCUT2D eigenvalue weighted by atomic mass is 10.0. The SMILES string of the molecule is Cc1cccc(CN(C(=O)CN(c2cccc([N+](=O)[O-])c2)S(C)(=O)=O)[C@@H](Cc2ccccc2)C(=O)NC2CCCC2)c1. The first-order valence-corrected chi connectivity index (χ1v) is 15.8. The van der Waals surface area contributed by atoms with E-state index in [1.807, 2.05) is 61.5 Å². The molecule has 0 aromatic heterocycles. The summed E-state index contributed by atoms with van der Waals surface area (Å²) < 4.78 is 26.7. The van der Waals surface area contributed by atoms with Crippen LogP contribution in [0.5, 0.6) is 0 Å². The molecule has 0 heterocycles. The minimum Gasteiger partial charge on any atom is -0.352 e. The number of nitrogens with one attached hydrogen (secondary N) is 1. The van der Waals surface area contributed by atoms with Crippen LogP contribution in [0, 0.1) is 17.0 Å². The maximum atomic E-state index is 14.2. The average Bonchev–Trinajstić information content (AvgIpc) is 3.46. The first kappa shape index (κ1) is 30.7. The molecule has 4 rings (SSSR count). The third-order valence-electron chi connectivity index (χ3n) is 7.42. The third kappa shape index (κ3) is 8.16. The van der Waals surface area contributed by atoms with Gasteiger partial charge in [0.1, 0.15) is 12.6 Å². The van der Waals surface area contributed by atoms with Crippen molar-refractivity contribution in [3.8, 4) is 0 Å². The van der Waals surface area contributed by atoms with Crippen molar-refractivity contribution in [1.29, 1.82) is 0 Å². The highest BCUT2D eigenvalue weighted by atomic mass is 32.2. The van der Waals surface area contributed by atoms with Gasteiger partial charge in [0.25, 0.3) is 5.69 Å². The molecule has 0 spiro atoms. The molecule has 0 saturated heterocycles. The second-order valence-electron chi connectivity index (χ2n) is 10.8. The van der Waals surface area contributed by atoms with Gasteiger partial charge in [0.05, 0.1) is 16.9 Å². The van der Waals surface area contributed by atoms with Crippen molar-refractivity contribution in [2.24, 2.45) is 0 Å². The lowest BCUT2D eigenvalue weighted by Crippen LogP contribution is -2.54. The highest BCUT2D eigenvalue weighted by Gasteiger charge is 2.34. The molecule has 1 fully saturated rings. The molecule has 3 aromatic carbocycles. The summed E-state index contributed by atoms with van der Waals surface area (Å²) in [6, 6.07) is 21.2. The summed E-state index contributed by atoms with van der Waals surface area (Å²) in [7, 11) is -4.03. The number of aryl methyl sites for hydroxylation is 1. The summed E-state index contributed by atoms with van der Waals surface area (Å²) in [5.41, 5.74) is 2.30. The monoisotopic (exact) mass is 592 g/mol. The summed E-state index contributed by atoms with van der Waals surface area (Å²) in [5.74, 6) is -0.899. The van der Waals surface area contributed by atoms with Crippen LogP contribution in [0.2, 0.25) is 0 Å². The van der Waals surface area contributed by atoms with Crippen molar-refractivity contribution in [2.45, 2.75) is 57.7 Å². The molecule has 10 nitrogen and oxygen atoms in total. The summed E-state index contributed by atoms with van der Waals surface area (Å²) in [6.07, 6.45) is 4.94. The minimum atomic E-state index is -4.03. The molecular formula is C31H36N4O6S. The van der Waals surface area contributed by atoms with Gasteiger partial charge in [-0.3, -0.25) is 24.0 Å². The number of sulfonamides is 1. The average molecular weight is 593 g/mol. The van der Waals surface area contributed by atoms with E-state index in [0.717, 1.165) is 59.0 Å². The number of hydrogen-bond acceptors (Lipinski definition) is 6. The van der Waals surface area contributed by atoms with E-state index >= 15 is 0 Å². The summed E-state index contributed by atoms with van der Waals surface area (Å²) >= 11 is 0. The lowest BCUT2D eigenvalue weighted by Gasteiger charge is -2.34. The van der Waals surface area contributed by atoms with Crippen LogP contribution in [-0.2, 0) is 32.6 Å². The second-order valence-corrected chi connectivity index (χ2v) is 12.7. The second kappa shape index (κ2) is 13.6. The van der Waals surface area contributed by atoms with Crippen molar-refractivity contribution in [3.05, 3.63) is 106 Å². The zero-order valence-corrected chi connectivity index (χ0v) is 24.6. The van der Waals surface area contributed by atoms with Gasteiger partial charge in [-0.25, -0.2) is 8.42 Å². The molecule has 1 aliphatic rings. The van der Waals surface area contributed by atoms with Crippen LogP contribution in [-0.4, -0.2) is 54.9 Å². The Kier molecular flexibility index (Phi) is 9.95. The van der Waals surface area contributed by atoms with Gasteiger partial charge in [0.2, 0.25) is 21.8 Å². The van der Waals surface area contributed by atoms with Gasteiger partial charge < -0.3 is 10.2 Å². The van der Waals surface area contributed by atoms with Crippen LogP contribution in [0.15, 0.2) is 78.9 Å². The van der Waals surface area contributed by atoms with E-state index in [-0.39, 0.29) is 36.3 Å². The Balaban J connectivity index is 1.74. The molecule has 0 radical (unpaired) electrons. The summed E-state index contributed by atoms with van der Waals surface area (Å²) in [6.45, 7) is 1.37. The number of rotatable bonds is 12. The lowest BCUT2D eigenvalue weighted by molar-refractivity contribution is -0.384. The van der Waals surface area contributed by atoms with E-state index in [4.69, 9.17) is 0 Å². The van der Waals surface area contributed by atoms with Crippen molar-refractivity contribution in [3.63, 3.8) is 0 Å². The van der Waals surface area contributed by atoms with Gasteiger partial charge >= 0.3 is 0 Å². The van der Waals surface area contributed by atoms with E-state index in [0.29, 0.717) is 0 Å². The molecule has 0 aliphatic heterocycles. The fourth-order valence-electron chi connectivity index (χ4n) is 5.30. The number of anilines is 1. The van der Waals surface area contributed by atoms with E-state index in [9.17, 15) is 28.1 Å². The fraction of sp³-hybridized carbons (Fsp3) is 0.355. The molecule has 42 heavy (non-hydrogen) atoms. The molecule has 1 saturated carbocycles. The standard InChI is InChI=1S/C31H36N4O6S/c1-23-10-8-13-25(18-23)21-33(29(19-24-11-4-3-5-12-24)31(37)32-26-14-6-7-15-26)30(36)22-34(42(2,40)41)27-16-9-17-28(20-27)35(38)39/h3-5,8-13,16-18,20,26,29H,6-7,14-15,19,21-22H2,1-2H3,(H,32,37)/t29-/m0/s1. The number of benzene rings is 3. The van der Waals surface area contributed by atoms with Crippen molar-refractivity contribution >= 4 is 33.2 Å². The summed E-state index contributed by atoms with van der Waals surface area (Å²) in [4.78, 5) is 40.2. The molecule has 1 aliphatic carbocycles. The Morgan fingerprint density at radius 2 is 1.64 bits per heavy atom. The number of hydrogen-bond donors (Lipinski definition) is 1. The predicted octanol–water partition coefficient (Wildman–Crippen LogP) is 4.37.